The van der Waals surface area contributed by atoms with Gasteiger partial charge in [0.05, 0.1) is 0 Å². The number of nitrogens with one attached hydrogen (secondary N) is 1. The van der Waals surface area contributed by atoms with E-state index in [-0.39, 0.29) is 22.3 Å². The maximum Gasteiger partial charge on any atom is 0.290 e. The lowest BCUT2D eigenvalue weighted by Crippen LogP contribution is -2.43. The summed E-state index contributed by atoms with van der Waals surface area (Å²) in [7, 11) is -3.69. The normalized spacial score (nSPS) is 20.3. The number of likely N-dealkylation sites (tertiary alicyclic amines) is 1. The van der Waals surface area contributed by atoms with Gasteiger partial charge in [-0.05, 0) is 32.6 Å². The molecular formula is C18H22N4O5S2. The number of nitrogens with zero attached hydrogens (tertiary/aromatic N) is 3. The van der Waals surface area contributed by atoms with Crippen LogP contribution in [0, 0.1) is 6.92 Å². The molecule has 0 saturated carbocycles. The number of furan rings is 1. The molecule has 0 bridgehead atoms. The fourth-order valence-electron chi connectivity index (χ4n) is 3.79. The number of carbonyl (C=O) groups excluding carboxylic acids is 2. The first-order valence-corrected chi connectivity index (χ1v) is 11.8. The molecule has 156 valence electrons. The Labute approximate surface area is 172 Å². The molecule has 1 atom stereocenters. The Morgan fingerprint density at radius 1 is 1.24 bits per heavy atom. The van der Waals surface area contributed by atoms with Crippen LogP contribution in [0.4, 0.5) is 5.13 Å². The van der Waals surface area contributed by atoms with Gasteiger partial charge in [0.2, 0.25) is 15.9 Å². The fraction of sp³-hybridized carbons (Fsp3) is 0.500. The number of anilines is 1. The molecule has 2 aliphatic heterocycles. The van der Waals surface area contributed by atoms with Gasteiger partial charge < -0.3 is 14.6 Å². The molecule has 2 amide bonds. The number of amides is 2. The largest absolute Gasteiger partial charge is 0.455 e. The van der Waals surface area contributed by atoms with Crippen molar-refractivity contribution in [2.24, 2.45) is 0 Å². The standard InChI is InChI=1S/C18H22N4O5S2/c1-12-15(29(25,26)21-7-2-3-8-21)11-14(27-12)17(24)22-9-4-5-13(22)16(23)20-18-19-6-10-28-18/h6,10-11,13H,2-5,7-9H2,1H3,(H,19,20,23). The molecule has 0 aromatic carbocycles. The topological polar surface area (TPSA) is 113 Å². The van der Waals surface area contributed by atoms with E-state index in [0.29, 0.717) is 37.6 Å². The number of carbonyl (C=O) groups is 2. The van der Waals surface area contributed by atoms with E-state index >= 15 is 0 Å². The summed E-state index contributed by atoms with van der Waals surface area (Å²) in [5.74, 6) is -0.663. The number of hydrogen-bond donors (Lipinski definition) is 1. The van der Waals surface area contributed by atoms with Gasteiger partial charge >= 0.3 is 0 Å². The van der Waals surface area contributed by atoms with Gasteiger partial charge in [-0.2, -0.15) is 4.31 Å². The van der Waals surface area contributed by atoms with Gasteiger partial charge in [0, 0.05) is 37.3 Å². The van der Waals surface area contributed by atoms with Gasteiger partial charge in [0.25, 0.3) is 5.91 Å². The van der Waals surface area contributed by atoms with Crippen molar-refractivity contribution >= 4 is 38.3 Å². The minimum atomic E-state index is -3.69. The van der Waals surface area contributed by atoms with E-state index in [1.54, 1.807) is 11.6 Å². The predicted molar refractivity (Wildman–Crippen MR) is 106 cm³/mol. The van der Waals surface area contributed by atoms with Gasteiger partial charge in [-0.15, -0.1) is 11.3 Å². The SMILES string of the molecule is Cc1oc(C(=O)N2CCCC2C(=O)Nc2nccs2)cc1S(=O)(=O)N1CCCC1. The number of rotatable bonds is 5. The van der Waals surface area contributed by atoms with E-state index in [1.165, 1.54) is 33.5 Å². The van der Waals surface area contributed by atoms with Crippen LogP contribution in [-0.2, 0) is 14.8 Å². The molecule has 4 heterocycles. The zero-order chi connectivity index (χ0) is 20.6. The highest BCUT2D eigenvalue weighted by molar-refractivity contribution is 7.89. The van der Waals surface area contributed by atoms with Crippen LogP contribution >= 0.6 is 11.3 Å². The number of sulfonamides is 1. The first-order valence-electron chi connectivity index (χ1n) is 9.50. The van der Waals surface area contributed by atoms with Crippen LogP contribution in [0.5, 0.6) is 0 Å². The van der Waals surface area contributed by atoms with Crippen LogP contribution < -0.4 is 5.32 Å². The lowest BCUT2D eigenvalue weighted by Gasteiger charge is -2.22. The zero-order valence-electron chi connectivity index (χ0n) is 16.0. The third kappa shape index (κ3) is 3.81. The highest BCUT2D eigenvalue weighted by Gasteiger charge is 2.38. The summed E-state index contributed by atoms with van der Waals surface area (Å²) in [4.78, 5) is 31.1. The fourth-order valence-corrected chi connectivity index (χ4v) is 6.00. The zero-order valence-corrected chi connectivity index (χ0v) is 17.6. The maximum absolute atomic E-state index is 13.0. The molecule has 29 heavy (non-hydrogen) atoms. The van der Waals surface area contributed by atoms with Gasteiger partial charge in [-0.25, -0.2) is 13.4 Å². The third-order valence-electron chi connectivity index (χ3n) is 5.24. The van der Waals surface area contributed by atoms with Gasteiger partial charge in [0.1, 0.15) is 16.7 Å². The molecule has 2 fully saturated rings. The Hall–Kier alpha value is -2.24. The van der Waals surface area contributed by atoms with Crippen LogP contribution in [0.3, 0.4) is 0 Å². The van der Waals surface area contributed by atoms with Crippen molar-refractivity contribution in [1.29, 1.82) is 0 Å². The highest BCUT2D eigenvalue weighted by atomic mass is 32.2. The Morgan fingerprint density at radius 3 is 2.69 bits per heavy atom. The van der Waals surface area contributed by atoms with E-state index in [0.717, 1.165) is 12.8 Å². The second-order valence-corrected chi connectivity index (χ2v) is 9.93. The molecule has 1 N–H and O–H groups in total. The molecule has 2 saturated heterocycles. The summed E-state index contributed by atoms with van der Waals surface area (Å²) >= 11 is 1.30. The summed E-state index contributed by atoms with van der Waals surface area (Å²) in [6, 6.07) is 0.648. The van der Waals surface area contributed by atoms with Crippen LogP contribution in [0.25, 0.3) is 0 Å². The molecule has 9 nitrogen and oxygen atoms in total. The average Bonchev–Trinajstić information content (AvgIpc) is 3.47. The van der Waals surface area contributed by atoms with E-state index < -0.39 is 22.0 Å². The Balaban J connectivity index is 1.54. The monoisotopic (exact) mass is 438 g/mol. The van der Waals surface area contributed by atoms with Crippen molar-refractivity contribution in [3.8, 4) is 0 Å². The minimum Gasteiger partial charge on any atom is -0.455 e. The summed E-state index contributed by atoms with van der Waals surface area (Å²) in [5.41, 5.74) is 0. The van der Waals surface area contributed by atoms with E-state index in [2.05, 4.69) is 10.3 Å². The molecule has 0 radical (unpaired) electrons. The number of aryl methyl sites for hydroxylation is 1. The van der Waals surface area contributed by atoms with Crippen molar-refractivity contribution in [2.45, 2.75) is 43.5 Å². The van der Waals surface area contributed by atoms with Crippen LogP contribution in [-0.4, -0.2) is 60.1 Å². The molecule has 2 aliphatic rings. The van der Waals surface area contributed by atoms with Crippen molar-refractivity contribution in [1.82, 2.24) is 14.2 Å². The van der Waals surface area contributed by atoms with Crippen LogP contribution in [0.15, 0.2) is 27.0 Å². The third-order valence-corrected chi connectivity index (χ3v) is 7.94. The minimum absolute atomic E-state index is 0.0192. The summed E-state index contributed by atoms with van der Waals surface area (Å²) in [6.07, 6.45) is 4.45. The first kappa shape index (κ1) is 20.0. The Bertz CT molecular complexity index is 1010. The van der Waals surface area contributed by atoms with Crippen molar-refractivity contribution in [3.05, 3.63) is 29.2 Å². The molecular weight excluding hydrogens is 416 g/mol. The highest BCUT2D eigenvalue weighted by Crippen LogP contribution is 2.29. The van der Waals surface area contributed by atoms with Gasteiger partial charge in [-0.3, -0.25) is 9.59 Å². The molecule has 1 unspecified atom stereocenters. The van der Waals surface area contributed by atoms with Crippen LogP contribution in [0.2, 0.25) is 0 Å². The number of thiazole rings is 1. The van der Waals surface area contributed by atoms with Gasteiger partial charge in [-0.1, -0.05) is 0 Å². The molecule has 11 heteroatoms. The van der Waals surface area contributed by atoms with Crippen molar-refractivity contribution in [2.75, 3.05) is 25.0 Å². The van der Waals surface area contributed by atoms with E-state index in [9.17, 15) is 18.0 Å². The van der Waals surface area contributed by atoms with Gasteiger partial charge in [0.15, 0.2) is 10.9 Å². The number of aromatic nitrogens is 1. The van der Waals surface area contributed by atoms with Crippen molar-refractivity contribution < 1.29 is 22.4 Å². The average molecular weight is 439 g/mol. The molecule has 0 aliphatic carbocycles. The Kier molecular flexibility index (Phi) is 5.45. The lowest BCUT2D eigenvalue weighted by molar-refractivity contribution is -0.119. The van der Waals surface area contributed by atoms with Crippen LogP contribution in [0.1, 0.15) is 42.0 Å². The van der Waals surface area contributed by atoms with E-state index in [4.69, 9.17) is 4.42 Å². The smallest absolute Gasteiger partial charge is 0.290 e. The quantitative estimate of drug-likeness (QED) is 0.765. The second kappa shape index (κ2) is 7.88. The van der Waals surface area contributed by atoms with Crippen molar-refractivity contribution in [3.63, 3.8) is 0 Å². The lowest BCUT2D eigenvalue weighted by atomic mass is 10.2. The maximum atomic E-state index is 13.0. The molecule has 2 aromatic heterocycles. The first-order chi connectivity index (χ1) is 13.9. The molecule has 2 aromatic rings. The number of hydrogen-bond acceptors (Lipinski definition) is 7. The van der Waals surface area contributed by atoms with E-state index in [1.807, 2.05) is 0 Å². The Morgan fingerprint density at radius 2 is 2.00 bits per heavy atom. The second-order valence-electron chi connectivity index (χ2n) is 7.13. The summed E-state index contributed by atoms with van der Waals surface area (Å²) < 4.78 is 32.6. The molecule has 0 spiro atoms. The predicted octanol–water partition coefficient (Wildman–Crippen LogP) is 2.07. The summed E-state index contributed by atoms with van der Waals surface area (Å²) in [5, 5.41) is 4.94. The summed E-state index contributed by atoms with van der Waals surface area (Å²) in [6.45, 7) is 2.89. The molecule has 4 rings (SSSR count).